The van der Waals surface area contributed by atoms with Gasteiger partial charge in [-0.25, -0.2) is 9.97 Å². The topological polar surface area (TPSA) is 68.1 Å². The van der Waals surface area contributed by atoms with Crippen molar-refractivity contribution in [3.8, 4) is 6.07 Å². The normalized spacial score (nSPS) is 18.4. The Bertz CT molecular complexity index is 461. The fourth-order valence-corrected chi connectivity index (χ4v) is 2.39. The largest absolute Gasteiger partial charge is 0.368 e. The van der Waals surface area contributed by atoms with Crippen LogP contribution in [0.15, 0.2) is 12.4 Å². The Balaban J connectivity index is 1.77. The van der Waals surface area contributed by atoms with Gasteiger partial charge in [0.1, 0.15) is 6.07 Å². The van der Waals surface area contributed by atoms with Crippen LogP contribution in [0.25, 0.3) is 0 Å². The van der Waals surface area contributed by atoms with Gasteiger partial charge in [-0.05, 0) is 20.4 Å². The first-order chi connectivity index (χ1) is 9.70. The van der Waals surface area contributed by atoms with E-state index in [2.05, 4.69) is 39.1 Å². The van der Waals surface area contributed by atoms with Crippen LogP contribution in [0.3, 0.4) is 0 Å². The summed E-state index contributed by atoms with van der Waals surface area (Å²) in [7, 11) is 2.17. The lowest BCUT2D eigenvalue weighted by molar-refractivity contribution is 0.116. The summed E-state index contributed by atoms with van der Waals surface area (Å²) >= 11 is 0. The summed E-state index contributed by atoms with van der Waals surface area (Å²) in [4.78, 5) is 13.0. The van der Waals surface area contributed by atoms with Crippen LogP contribution in [0.1, 0.15) is 19.0 Å². The molecule has 1 aromatic heterocycles. The maximum Gasteiger partial charge on any atom is 0.182 e. The van der Waals surface area contributed by atoms with E-state index in [0.29, 0.717) is 17.6 Å². The van der Waals surface area contributed by atoms with E-state index in [4.69, 9.17) is 5.26 Å². The average molecular weight is 274 g/mol. The van der Waals surface area contributed by atoms with E-state index in [1.54, 1.807) is 6.20 Å². The molecule has 1 aromatic rings. The lowest BCUT2D eigenvalue weighted by atomic mass is 10.1. The number of hydrogen-bond donors (Lipinski definition) is 1. The fraction of sp³-hybridized carbons (Fsp3) is 0.643. The highest BCUT2D eigenvalue weighted by Crippen LogP contribution is 2.10. The van der Waals surface area contributed by atoms with Crippen molar-refractivity contribution in [2.45, 2.75) is 19.4 Å². The van der Waals surface area contributed by atoms with E-state index in [0.717, 1.165) is 39.1 Å². The number of hydrogen-bond acceptors (Lipinski definition) is 6. The molecule has 20 heavy (non-hydrogen) atoms. The maximum absolute atomic E-state index is 8.95. The molecule has 1 fully saturated rings. The predicted molar refractivity (Wildman–Crippen MR) is 78.4 cm³/mol. The van der Waals surface area contributed by atoms with Gasteiger partial charge in [0.05, 0.1) is 0 Å². The quantitative estimate of drug-likeness (QED) is 0.856. The number of likely N-dealkylation sites (N-methyl/N-ethyl adjacent to an activating group) is 1. The molecule has 0 saturated carbocycles. The second-order valence-corrected chi connectivity index (χ2v) is 5.27. The highest BCUT2D eigenvalue weighted by Gasteiger charge is 2.18. The highest BCUT2D eigenvalue weighted by atomic mass is 15.3. The molecule has 0 unspecified atom stereocenters. The number of rotatable bonds is 5. The van der Waals surface area contributed by atoms with Crippen LogP contribution in [0.2, 0.25) is 0 Å². The van der Waals surface area contributed by atoms with Gasteiger partial charge in [0.2, 0.25) is 0 Å². The number of nitrogens with one attached hydrogen (secondary N) is 1. The van der Waals surface area contributed by atoms with E-state index >= 15 is 0 Å². The molecule has 0 bridgehead atoms. The molecule has 0 spiro atoms. The third-order valence-corrected chi connectivity index (χ3v) is 3.82. The van der Waals surface area contributed by atoms with Gasteiger partial charge in [-0.1, -0.05) is 0 Å². The van der Waals surface area contributed by atoms with Crippen molar-refractivity contribution in [2.24, 2.45) is 0 Å². The van der Waals surface area contributed by atoms with Gasteiger partial charge >= 0.3 is 0 Å². The molecule has 1 N–H and O–H groups in total. The van der Waals surface area contributed by atoms with Gasteiger partial charge in [0.15, 0.2) is 11.5 Å². The van der Waals surface area contributed by atoms with Crippen LogP contribution in [0.4, 0.5) is 5.82 Å². The third-order valence-electron chi connectivity index (χ3n) is 3.82. The van der Waals surface area contributed by atoms with Crippen molar-refractivity contribution in [1.82, 2.24) is 19.8 Å². The van der Waals surface area contributed by atoms with Crippen LogP contribution >= 0.6 is 0 Å². The fourth-order valence-electron chi connectivity index (χ4n) is 2.39. The summed E-state index contributed by atoms with van der Waals surface area (Å²) in [5.74, 6) is 0.584. The predicted octanol–water partition coefficient (Wildman–Crippen LogP) is 0.786. The molecule has 0 aliphatic carbocycles. The average Bonchev–Trinajstić information content (AvgIpc) is 2.48. The first-order valence-corrected chi connectivity index (χ1v) is 7.08. The molecular weight excluding hydrogens is 252 g/mol. The molecule has 1 aliphatic rings. The van der Waals surface area contributed by atoms with Gasteiger partial charge in [0, 0.05) is 51.2 Å². The van der Waals surface area contributed by atoms with E-state index in [9.17, 15) is 0 Å². The monoisotopic (exact) mass is 274 g/mol. The summed E-state index contributed by atoms with van der Waals surface area (Å²) in [6.07, 6.45) is 4.18. The van der Waals surface area contributed by atoms with Crippen LogP contribution in [-0.4, -0.2) is 65.6 Å². The zero-order valence-corrected chi connectivity index (χ0v) is 12.2. The van der Waals surface area contributed by atoms with E-state index in [-0.39, 0.29) is 0 Å². The minimum atomic E-state index is 0.361. The molecule has 2 rings (SSSR count). The van der Waals surface area contributed by atoms with Crippen LogP contribution in [0, 0.1) is 11.3 Å². The van der Waals surface area contributed by atoms with Crippen molar-refractivity contribution >= 4 is 5.82 Å². The number of anilines is 1. The van der Waals surface area contributed by atoms with Crippen LogP contribution in [0.5, 0.6) is 0 Å². The molecule has 108 valence electrons. The smallest absolute Gasteiger partial charge is 0.182 e. The number of piperazine rings is 1. The molecule has 1 saturated heterocycles. The molecule has 0 aromatic carbocycles. The molecule has 6 nitrogen and oxygen atoms in total. The Kier molecular flexibility index (Phi) is 5.27. The first-order valence-electron chi connectivity index (χ1n) is 7.08. The summed E-state index contributed by atoms with van der Waals surface area (Å²) < 4.78 is 0. The zero-order valence-electron chi connectivity index (χ0n) is 12.2. The minimum Gasteiger partial charge on any atom is -0.368 e. The number of nitrogens with zero attached hydrogens (tertiary/aromatic N) is 5. The van der Waals surface area contributed by atoms with Crippen molar-refractivity contribution in [3.63, 3.8) is 0 Å². The van der Waals surface area contributed by atoms with Gasteiger partial charge < -0.3 is 10.2 Å². The number of nitriles is 1. The van der Waals surface area contributed by atoms with Crippen LogP contribution in [-0.2, 0) is 0 Å². The van der Waals surface area contributed by atoms with Gasteiger partial charge in [-0.2, -0.15) is 5.26 Å². The molecule has 1 atom stereocenters. The molecule has 1 aliphatic heterocycles. The molecule has 6 heteroatoms. The lowest BCUT2D eigenvalue weighted by Crippen LogP contribution is -2.48. The van der Waals surface area contributed by atoms with E-state index < -0.39 is 0 Å². The zero-order chi connectivity index (χ0) is 14.4. The van der Waals surface area contributed by atoms with Crippen molar-refractivity contribution in [3.05, 3.63) is 18.1 Å². The van der Waals surface area contributed by atoms with E-state index in [1.165, 1.54) is 6.20 Å². The lowest BCUT2D eigenvalue weighted by Gasteiger charge is -2.36. The van der Waals surface area contributed by atoms with Crippen molar-refractivity contribution in [1.29, 1.82) is 5.26 Å². The SMILES string of the molecule is C[C@@H](CCNc1nccnc1C#N)N1CCN(C)CC1. The molecular formula is C14H22N6. The summed E-state index contributed by atoms with van der Waals surface area (Å²) in [6.45, 7) is 7.61. The highest BCUT2D eigenvalue weighted by molar-refractivity contribution is 5.46. The molecule has 2 heterocycles. The van der Waals surface area contributed by atoms with Crippen molar-refractivity contribution in [2.75, 3.05) is 45.1 Å². The van der Waals surface area contributed by atoms with Crippen molar-refractivity contribution < 1.29 is 0 Å². The van der Waals surface area contributed by atoms with Crippen LogP contribution < -0.4 is 5.32 Å². The summed E-state index contributed by atoms with van der Waals surface area (Å²) in [5.41, 5.74) is 0.361. The van der Waals surface area contributed by atoms with Gasteiger partial charge in [0.25, 0.3) is 0 Å². The Hall–Kier alpha value is -1.71. The molecule has 0 amide bonds. The first kappa shape index (κ1) is 14.7. The minimum absolute atomic E-state index is 0.361. The Labute approximate surface area is 120 Å². The second-order valence-electron chi connectivity index (χ2n) is 5.27. The second kappa shape index (κ2) is 7.17. The van der Waals surface area contributed by atoms with Gasteiger partial charge in [-0.3, -0.25) is 4.90 Å². The van der Waals surface area contributed by atoms with E-state index in [1.807, 2.05) is 6.07 Å². The summed E-state index contributed by atoms with van der Waals surface area (Å²) in [5, 5.41) is 12.2. The third kappa shape index (κ3) is 3.89. The van der Waals surface area contributed by atoms with Gasteiger partial charge in [-0.15, -0.1) is 0 Å². The summed E-state index contributed by atoms with van der Waals surface area (Å²) in [6, 6.07) is 2.59. The standard InChI is InChI=1S/C14H22N6/c1-12(20-9-7-19(2)8-10-20)3-4-17-14-13(11-15)16-5-6-18-14/h5-6,12H,3-4,7-10H2,1-2H3,(H,17,18)/t12-/m0/s1. The Morgan fingerprint density at radius 2 is 2.00 bits per heavy atom. The Morgan fingerprint density at radius 1 is 1.30 bits per heavy atom. The Morgan fingerprint density at radius 3 is 2.70 bits per heavy atom. The number of aromatic nitrogens is 2. The maximum atomic E-state index is 8.95. The molecule has 0 radical (unpaired) electrons.